The van der Waals surface area contributed by atoms with Crippen molar-refractivity contribution in [1.29, 1.82) is 0 Å². The number of esters is 1. The van der Waals surface area contributed by atoms with Crippen LogP contribution in [0.1, 0.15) is 46.4 Å². The van der Waals surface area contributed by atoms with E-state index in [1.165, 1.54) is 0 Å². The average Bonchev–Trinajstić information content (AvgIpc) is 3.30. The first kappa shape index (κ1) is 30.5. The molecular formula is C29H38N5O6P. The van der Waals surface area contributed by atoms with Crippen LogP contribution in [-0.4, -0.2) is 45.9 Å². The van der Waals surface area contributed by atoms with Gasteiger partial charge in [0.15, 0.2) is 5.82 Å². The topological polar surface area (TPSA) is 140 Å². The van der Waals surface area contributed by atoms with E-state index in [1.54, 1.807) is 38.1 Å². The molecule has 3 N–H and O–H groups in total. The van der Waals surface area contributed by atoms with Crippen LogP contribution in [-0.2, 0) is 36.5 Å². The van der Waals surface area contributed by atoms with Crippen molar-refractivity contribution in [2.45, 2.75) is 65.8 Å². The van der Waals surface area contributed by atoms with Gasteiger partial charge in [0.25, 0.3) is 0 Å². The molecule has 0 amide bonds. The zero-order valence-electron chi connectivity index (χ0n) is 23.9. The monoisotopic (exact) mass is 583 g/mol. The number of anilines is 1. The smallest absolute Gasteiger partial charge is 0.459 e. The minimum absolute atomic E-state index is 0.239. The summed E-state index contributed by atoms with van der Waals surface area (Å²) in [6.45, 7) is 8.51. The van der Waals surface area contributed by atoms with E-state index in [0.717, 1.165) is 29.3 Å². The van der Waals surface area contributed by atoms with Crippen molar-refractivity contribution >= 4 is 41.5 Å². The second-order valence-electron chi connectivity index (χ2n) is 9.68. The number of unbranched alkanes of at least 4 members (excludes halogenated alkanes) is 1. The molecule has 0 fully saturated rings. The maximum Gasteiger partial charge on any atom is 0.459 e. The number of carbonyl (C=O) groups excluding carboxylic acids is 1. The van der Waals surface area contributed by atoms with E-state index in [0.29, 0.717) is 29.5 Å². The van der Waals surface area contributed by atoms with Crippen LogP contribution in [0.4, 0.5) is 5.82 Å². The lowest BCUT2D eigenvalue weighted by Crippen LogP contribution is -2.36. The van der Waals surface area contributed by atoms with E-state index < -0.39 is 25.9 Å². The second kappa shape index (κ2) is 13.9. The van der Waals surface area contributed by atoms with Crippen molar-refractivity contribution in [2.75, 3.05) is 18.9 Å². The number of carbonyl (C=O) groups is 1. The summed E-state index contributed by atoms with van der Waals surface area (Å²) in [5.74, 6) is 0.721. The highest BCUT2D eigenvalue weighted by Gasteiger charge is 2.34. The Bertz CT molecular complexity index is 1510. The molecule has 220 valence electrons. The molecule has 0 aliphatic rings. The Balaban J connectivity index is 1.65. The quantitative estimate of drug-likeness (QED) is 0.103. The molecule has 0 unspecified atom stereocenters. The lowest BCUT2D eigenvalue weighted by molar-refractivity contribution is -0.145. The standard InChI is InChI=1S/C29H38N5O6P/c1-5-7-17-38-29(35)21(4)33-41(36,40-22-13-9-8-10-14-22)39-20(3)18-34-25(19-37-6-2)32-26-27(34)23-15-11-12-16-24(23)31-28(26)30/h8-16,20-21H,5-7,17-19H2,1-4H3,(H2,30,31)(H,33,36)/t20-,21+,41+/m1/s1. The summed E-state index contributed by atoms with van der Waals surface area (Å²) < 4.78 is 39.0. The van der Waals surface area contributed by atoms with Crippen LogP contribution < -0.4 is 15.3 Å². The number of fused-ring (bicyclic) bond motifs is 3. The first-order chi connectivity index (χ1) is 19.7. The van der Waals surface area contributed by atoms with Crippen LogP contribution >= 0.6 is 7.75 Å². The number of nitrogens with one attached hydrogen (secondary N) is 1. The molecule has 0 aliphatic carbocycles. The summed E-state index contributed by atoms with van der Waals surface area (Å²) in [5, 5.41) is 3.63. The number of hydrogen-bond donors (Lipinski definition) is 2. The molecule has 4 rings (SSSR count). The molecule has 2 heterocycles. The van der Waals surface area contributed by atoms with Gasteiger partial charge in [0, 0.05) is 12.0 Å². The third-order valence-corrected chi connectivity index (χ3v) is 8.09. The minimum Gasteiger partial charge on any atom is -0.465 e. The van der Waals surface area contributed by atoms with E-state index in [2.05, 4.69) is 10.1 Å². The summed E-state index contributed by atoms with van der Waals surface area (Å²) in [4.78, 5) is 21.8. The van der Waals surface area contributed by atoms with Crippen molar-refractivity contribution in [1.82, 2.24) is 19.6 Å². The number of aromatic nitrogens is 3. The highest BCUT2D eigenvalue weighted by Crippen LogP contribution is 2.46. The number of nitrogens with two attached hydrogens (primary N) is 1. The lowest BCUT2D eigenvalue weighted by Gasteiger charge is -2.26. The second-order valence-corrected chi connectivity index (χ2v) is 11.3. The van der Waals surface area contributed by atoms with Crippen LogP contribution in [0, 0.1) is 0 Å². The van der Waals surface area contributed by atoms with Gasteiger partial charge in [-0.2, -0.15) is 5.09 Å². The fourth-order valence-corrected chi connectivity index (χ4v) is 6.04. The van der Waals surface area contributed by atoms with Gasteiger partial charge in [-0.15, -0.1) is 0 Å². The minimum atomic E-state index is -4.07. The fraction of sp³-hybridized carbons (Fsp3) is 0.414. The Morgan fingerprint density at radius 2 is 1.80 bits per heavy atom. The van der Waals surface area contributed by atoms with Crippen LogP contribution in [0.25, 0.3) is 21.9 Å². The molecule has 4 aromatic rings. The normalized spacial score (nSPS) is 14.5. The van der Waals surface area contributed by atoms with Gasteiger partial charge >= 0.3 is 13.7 Å². The number of benzene rings is 2. The van der Waals surface area contributed by atoms with Gasteiger partial charge in [-0.05, 0) is 45.4 Å². The molecule has 0 bridgehead atoms. The molecule has 3 atom stereocenters. The Kier molecular flexibility index (Phi) is 10.3. The number of rotatable bonds is 15. The van der Waals surface area contributed by atoms with Gasteiger partial charge in [0.1, 0.15) is 29.7 Å². The van der Waals surface area contributed by atoms with E-state index >= 15 is 0 Å². The third-order valence-electron chi connectivity index (χ3n) is 6.30. The molecule has 12 heteroatoms. The number of nitrogens with zero attached hydrogens (tertiary/aromatic N) is 3. The van der Waals surface area contributed by atoms with Gasteiger partial charge in [0.2, 0.25) is 0 Å². The van der Waals surface area contributed by atoms with E-state index in [9.17, 15) is 9.36 Å². The zero-order valence-corrected chi connectivity index (χ0v) is 24.8. The zero-order chi connectivity index (χ0) is 29.4. The summed E-state index contributed by atoms with van der Waals surface area (Å²) in [6, 6.07) is 15.4. The molecule has 0 aliphatic heterocycles. The number of hydrogen-bond acceptors (Lipinski definition) is 9. The van der Waals surface area contributed by atoms with Crippen molar-refractivity contribution in [2.24, 2.45) is 0 Å². The highest BCUT2D eigenvalue weighted by atomic mass is 31.2. The summed E-state index contributed by atoms with van der Waals surface area (Å²) >= 11 is 0. The van der Waals surface area contributed by atoms with Gasteiger partial charge < -0.3 is 24.3 Å². The molecular weight excluding hydrogens is 545 g/mol. The Morgan fingerprint density at radius 1 is 1.07 bits per heavy atom. The molecule has 0 saturated carbocycles. The predicted octanol–water partition coefficient (Wildman–Crippen LogP) is 5.62. The van der Waals surface area contributed by atoms with Gasteiger partial charge in [0.05, 0.1) is 30.3 Å². The molecule has 0 spiro atoms. The first-order valence-corrected chi connectivity index (χ1v) is 15.4. The van der Waals surface area contributed by atoms with Gasteiger partial charge in [-0.1, -0.05) is 49.7 Å². The Morgan fingerprint density at radius 3 is 2.54 bits per heavy atom. The van der Waals surface area contributed by atoms with Crippen molar-refractivity contribution < 1.29 is 27.9 Å². The summed E-state index contributed by atoms with van der Waals surface area (Å²) in [5.41, 5.74) is 8.36. The fourth-order valence-electron chi connectivity index (χ4n) is 4.36. The van der Waals surface area contributed by atoms with Crippen LogP contribution in [0.2, 0.25) is 0 Å². The largest absolute Gasteiger partial charge is 0.465 e. The van der Waals surface area contributed by atoms with E-state index in [1.807, 2.05) is 48.7 Å². The molecule has 0 saturated heterocycles. The Hall–Kier alpha value is -3.50. The number of nitrogen functional groups attached to an aromatic ring is 1. The summed E-state index contributed by atoms with van der Waals surface area (Å²) in [6.07, 6.45) is 0.963. The number of para-hydroxylation sites is 2. The van der Waals surface area contributed by atoms with Crippen LogP contribution in [0.3, 0.4) is 0 Å². The third kappa shape index (κ3) is 7.62. The number of imidazole rings is 1. The van der Waals surface area contributed by atoms with E-state index in [4.69, 9.17) is 29.2 Å². The molecule has 41 heavy (non-hydrogen) atoms. The van der Waals surface area contributed by atoms with Crippen LogP contribution in [0.15, 0.2) is 54.6 Å². The number of pyridine rings is 1. The molecule has 2 aromatic carbocycles. The Labute approximate surface area is 239 Å². The van der Waals surface area contributed by atoms with Gasteiger partial charge in [-0.25, -0.2) is 14.5 Å². The predicted molar refractivity (Wildman–Crippen MR) is 158 cm³/mol. The number of ether oxygens (including phenoxy) is 2. The highest BCUT2D eigenvalue weighted by molar-refractivity contribution is 7.52. The SMILES string of the molecule is CCCCOC(=O)[C@H](C)N[P@@](=O)(Oc1ccccc1)O[C@H](C)Cn1c(COCC)nc2c(N)nc3ccccc3c21. The maximum atomic E-state index is 14.1. The summed E-state index contributed by atoms with van der Waals surface area (Å²) in [7, 11) is -4.07. The van der Waals surface area contributed by atoms with E-state index in [-0.39, 0.29) is 19.8 Å². The molecule has 11 nitrogen and oxygen atoms in total. The first-order valence-electron chi connectivity index (χ1n) is 13.8. The molecule has 0 radical (unpaired) electrons. The maximum absolute atomic E-state index is 14.1. The molecule has 2 aromatic heterocycles. The van der Waals surface area contributed by atoms with Crippen molar-refractivity contribution in [3.05, 3.63) is 60.4 Å². The van der Waals surface area contributed by atoms with Crippen molar-refractivity contribution in [3.8, 4) is 5.75 Å². The van der Waals surface area contributed by atoms with Gasteiger partial charge in [-0.3, -0.25) is 9.32 Å². The van der Waals surface area contributed by atoms with Crippen molar-refractivity contribution in [3.63, 3.8) is 0 Å². The average molecular weight is 584 g/mol. The lowest BCUT2D eigenvalue weighted by atomic mass is 10.2. The van der Waals surface area contributed by atoms with Crippen LogP contribution in [0.5, 0.6) is 5.75 Å².